The molecule has 0 saturated carbocycles. The number of aliphatic imine (C=N–C) groups is 1. The van der Waals surface area contributed by atoms with Gasteiger partial charge in [0.05, 0.1) is 19.8 Å². The van der Waals surface area contributed by atoms with Gasteiger partial charge in [-0.05, 0) is 31.2 Å². The van der Waals surface area contributed by atoms with Crippen LogP contribution >= 0.6 is 11.3 Å². The third kappa shape index (κ3) is 5.26. The van der Waals surface area contributed by atoms with E-state index in [1.165, 1.54) is 4.88 Å². The summed E-state index contributed by atoms with van der Waals surface area (Å²) in [4.78, 5) is 23.4. The molecule has 3 heterocycles. The van der Waals surface area contributed by atoms with Crippen molar-refractivity contribution < 1.29 is 9.53 Å². The monoisotopic (exact) mass is 406 g/mol. The molecule has 0 unspecified atom stereocenters. The van der Waals surface area contributed by atoms with Crippen molar-refractivity contribution in [2.24, 2.45) is 10.9 Å². The number of nitrogens with one attached hydrogen (secondary N) is 1. The van der Waals surface area contributed by atoms with Gasteiger partial charge in [0.15, 0.2) is 5.96 Å². The van der Waals surface area contributed by atoms with Crippen molar-refractivity contribution in [3.05, 3.63) is 22.4 Å². The van der Waals surface area contributed by atoms with Gasteiger partial charge in [-0.25, -0.2) is 0 Å². The molecule has 6 nitrogen and oxygen atoms in total. The Hall–Kier alpha value is -1.60. The van der Waals surface area contributed by atoms with E-state index in [0.717, 1.165) is 58.1 Å². The molecule has 1 aromatic heterocycles. The summed E-state index contributed by atoms with van der Waals surface area (Å²) in [5.41, 5.74) is 0.0272. The number of hydrogen-bond donors (Lipinski definition) is 1. The average molecular weight is 407 g/mol. The van der Waals surface area contributed by atoms with Crippen LogP contribution in [0.25, 0.3) is 0 Å². The van der Waals surface area contributed by atoms with Crippen LogP contribution in [0.15, 0.2) is 22.5 Å². The van der Waals surface area contributed by atoms with E-state index >= 15 is 0 Å². The Morgan fingerprint density at radius 3 is 2.57 bits per heavy atom. The topological polar surface area (TPSA) is 57.2 Å². The maximum Gasteiger partial charge on any atom is 0.225 e. The molecule has 2 saturated heterocycles. The number of hydrogen-bond acceptors (Lipinski definition) is 4. The summed E-state index contributed by atoms with van der Waals surface area (Å²) in [7, 11) is 0. The fourth-order valence-electron chi connectivity index (χ4n) is 3.82. The fourth-order valence-corrected chi connectivity index (χ4v) is 4.66. The Kier molecular flexibility index (Phi) is 7.35. The molecule has 1 aromatic rings. The van der Waals surface area contributed by atoms with E-state index in [4.69, 9.17) is 9.73 Å². The summed E-state index contributed by atoms with van der Waals surface area (Å²) in [6.45, 7) is 12.8. The molecule has 2 aliphatic heterocycles. The van der Waals surface area contributed by atoms with Crippen LogP contribution in [-0.4, -0.2) is 74.1 Å². The number of piperidine rings is 1. The highest BCUT2D eigenvalue weighted by molar-refractivity contribution is 7.10. The van der Waals surface area contributed by atoms with Crippen LogP contribution in [0.2, 0.25) is 0 Å². The largest absolute Gasteiger partial charge is 0.378 e. The molecule has 3 rings (SSSR count). The highest BCUT2D eigenvalue weighted by Crippen LogP contribution is 2.28. The van der Waals surface area contributed by atoms with Crippen molar-refractivity contribution >= 4 is 23.2 Å². The van der Waals surface area contributed by atoms with Crippen molar-refractivity contribution in [3.8, 4) is 0 Å². The second-order valence-electron chi connectivity index (χ2n) is 8.23. The first-order valence-electron chi connectivity index (χ1n) is 10.4. The average Bonchev–Trinajstić information content (AvgIpc) is 3.27. The summed E-state index contributed by atoms with van der Waals surface area (Å²) in [5.74, 6) is 1.42. The van der Waals surface area contributed by atoms with Crippen LogP contribution in [-0.2, 0) is 14.9 Å². The van der Waals surface area contributed by atoms with Crippen LogP contribution in [0.5, 0.6) is 0 Å². The standard InChI is InChI=1S/C21H34N4O2S/c1-4-22-20(23-16-21(2,3)18-6-5-15-28-18)25-9-7-17(8-10-25)19(26)24-11-13-27-14-12-24/h5-6,15,17H,4,7-14,16H2,1-3H3,(H,22,23). The third-order valence-electron chi connectivity index (χ3n) is 5.61. The van der Waals surface area contributed by atoms with Gasteiger partial charge in [-0.2, -0.15) is 0 Å². The van der Waals surface area contributed by atoms with E-state index < -0.39 is 0 Å². The zero-order valence-corrected chi connectivity index (χ0v) is 18.3. The summed E-state index contributed by atoms with van der Waals surface area (Å²) >= 11 is 1.79. The molecule has 2 aliphatic rings. The number of nitrogens with zero attached hydrogens (tertiary/aromatic N) is 3. The number of ether oxygens (including phenoxy) is 1. The van der Waals surface area contributed by atoms with E-state index in [1.54, 1.807) is 11.3 Å². The van der Waals surface area contributed by atoms with Gasteiger partial charge in [-0.3, -0.25) is 9.79 Å². The van der Waals surface area contributed by atoms with Crippen LogP contribution in [0, 0.1) is 5.92 Å². The Balaban J connectivity index is 1.57. The van der Waals surface area contributed by atoms with Crippen molar-refractivity contribution in [3.63, 3.8) is 0 Å². The van der Waals surface area contributed by atoms with Crippen LogP contribution < -0.4 is 5.32 Å². The minimum absolute atomic E-state index is 0.0272. The zero-order valence-electron chi connectivity index (χ0n) is 17.4. The maximum absolute atomic E-state index is 12.8. The van der Waals surface area contributed by atoms with Crippen molar-refractivity contribution in [2.75, 3.05) is 52.5 Å². The number of thiophene rings is 1. The Bertz CT molecular complexity index is 645. The maximum atomic E-state index is 12.8. The van der Waals surface area contributed by atoms with Gasteiger partial charge in [0.2, 0.25) is 5.91 Å². The number of carbonyl (C=O) groups is 1. The predicted molar refractivity (Wildman–Crippen MR) is 115 cm³/mol. The second-order valence-corrected chi connectivity index (χ2v) is 9.18. The first-order valence-corrected chi connectivity index (χ1v) is 11.3. The number of rotatable bonds is 5. The van der Waals surface area contributed by atoms with Crippen molar-refractivity contribution in [1.29, 1.82) is 0 Å². The van der Waals surface area contributed by atoms with Crippen molar-refractivity contribution in [1.82, 2.24) is 15.1 Å². The van der Waals surface area contributed by atoms with E-state index in [-0.39, 0.29) is 11.3 Å². The van der Waals surface area contributed by atoms with Gasteiger partial charge in [-0.15, -0.1) is 11.3 Å². The van der Waals surface area contributed by atoms with E-state index in [0.29, 0.717) is 19.1 Å². The lowest BCUT2D eigenvalue weighted by molar-refractivity contribution is -0.140. The molecule has 0 bridgehead atoms. The van der Waals surface area contributed by atoms with Gasteiger partial charge in [-0.1, -0.05) is 19.9 Å². The minimum atomic E-state index is 0.0272. The molecule has 28 heavy (non-hydrogen) atoms. The quantitative estimate of drug-likeness (QED) is 0.603. The molecular formula is C21H34N4O2S. The highest BCUT2D eigenvalue weighted by atomic mass is 32.1. The molecule has 0 atom stereocenters. The van der Waals surface area contributed by atoms with Gasteiger partial charge in [0.25, 0.3) is 0 Å². The highest BCUT2D eigenvalue weighted by Gasteiger charge is 2.30. The molecule has 0 spiro atoms. The van der Waals surface area contributed by atoms with E-state index in [9.17, 15) is 4.79 Å². The molecular weight excluding hydrogens is 372 g/mol. The van der Waals surface area contributed by atoms with Gasteiger partial charge >= 0.3 is 0 Å². The zero-order chi connectivity index (χ0) is 20.0. The minimum Gasteiger partial charge on any atom is -0.378 e. The van der Waals surface area contributed by atoms with Gasteiger partial charge in [0.1, 0.15) is 0 Å². The SMILES string of the molecule is CCNC(=NCC(C)(C)c1cccs1)N1CCC(C(=O)N2CCOCC2)CC1. The second kappa shape index (κ2) is 9.74. The number of likely N-dealkylation sites (tertiary alicyclic amines) is 1. The third-order valence-corrected chi connectivity index (χ3v) is 6.85. The molecule has 1 amide bonds. The van der Waals surface area contributed by atoms with E-state index in [2.05, 4.69) is 48.5 Å². The molecule has 0 aliphatic carbocycles. The first kappa shape index (κ1) is 21.1. The molecule has 156 valence electrons. The molecule has 7 heteroatoms. The molecule has 0 radical (unpaired) electrons. The van der Waals surface area contributed by atoms with Crippen LogP contribution in [0.1, 0.15) is 38.5 Å². The number of carbonyl (C=O) groups excluding carboxylic acids is 1. The molecule has 1 N–H and O–H groups in total. The van der Waals surface area contributed by atoms with Crippen molar-refractivity contribution in [2.45, 2.75) is 39.0 Å². The Morgan fingerprint density at radius 1 is 1.25 bits per heavy atom. The molecule has 0 aromatic carbocycles. The number of amides is 1. The predicted octanol–water partition coefficient (Wildman–Crippen LogP) is 2.56. The Morgan fingerprint density at radius 2 is 1.96 bits per heavy atom. The van der Waals surface area contributed by atoms with E-state index in [1.807, 2.05) is 4.90 Å². The number of guanidine groups is 1. The fraction of sp³-hybridized carbons (Fsp3) is 0.714. The smallest absolute Gasteiger partial charge is 0.225 e. The lowest BCUT2D eigenvalue weighted by atomic mass is 9.92. The van der Waals surface area contributed by atoms with Gasteiger partial charge in [0, 0.05) is 48.9 Å². The lowest BCUT2D eigenvalue weighted by Gasteiger charge is -2.37. The summed E-state index contributed by atoms with van der Waals surface area (Å²) in [6.07, 6.45) is 1.80. The lowest BCUT2D eigenvalue weighted by Crippen LogP contribution is -2.50. The molecule has 2 fully saturated rings. The summed E-state index contributed by atoms with van der Waals surface area (Å²) in [5, 5.41) is 5.57. The first-order chi connectivity index (χ1) is 13.5. The van der Waals surface area contributed by atoms with Gasteiger partial charge < -0.3 is 19.9 Å². The summed E-state index contributed by atoms with van der Waals surface area (Å²) in [6, 6.07) is 4.29. The van der Waals surface area contributed by atoms with Crippen LogP contribution in [0.4, 0.5) is 0 Å². The summed E-state index contributed by atoms with van der Waals surface area (Å²) < 4.78 is 5.37. The Labute approximate surface area is 173 Å². The normalized spacial score (nSPS) is 19.8. The number of morpholine rings is 1. The van der Waals surface area contributed by atoms with Crippen LogP contribution in [0.3, 0.4) is 0 Å².